The van der Waals surface area contributed by atoms with Gasteiger partial charge in [0.25, 0.3) is 0 Å². The van der Waals surface area contributed by atoms with Gasteiger partial charge >= 0.3 is 0 Å². The van der Waals surface area contributed by atoms with E-state index in [0.717, 1.165) is 0 Å². The molecule has 0 saturated heterocycles. The van der Waals surface area contributed by atoms with Gasteiger partial charge in [-0.15, -0.1) is 10.2 Å². The lowest BCUT2D eigenvalue weighted by molar-refractivity contribution is 0.171. The number of ether oxygens (including phenoxy) is 2. The van der Waals surface area contributed by atoms with Gasteiger partial charge in [-0.05, 0) is 57.2 Å². The highest BCUT2D eigenvalue weighted by Crippen LogP contribution is 2.38. The molecular formula is C25H26N6O6S. The van der Waals surface area contributed by atoms with Gasteiger partial charge in [0.15, 0.2) is 5.76 Å². The van der Waals surface area contributed by atoms with Crippen LogP contribution in [0.15, 0.2) is 46.9 Å². The number of nitriles is 1. The molecule has 12 nitrogen and oxygen atoms in total. The third kappa shape index (κ3) is 4.91. The van der Waals surface area contributed by atoms with Gasteiger partial charge in [-0.2, -0.15) is 5.26 Å². The van der Waals surface area contributed by atoms with Crippen LogP contribution in [0.5, 0.6) is 11.5 Å². The Bertz CT molecular complexity index is 1600. The first kappa shape index (κ1) is 26.6. The number of rotatable bonds is 9. The van der Waals surface area contributed by atoms with Crippen LogP contribution in [-0.2, 0) is 10.0 Å². The molecule has 4 rings (SSSR count). The topological polar surface area (TPSA) is 165 Å². The number of aliphatic hydroxyl groups is 1. The van der Waals surface area contributed by atoms with Crippen molar-refractivity contribution >= 4 is 16.0 Å². The predicted molar refractivity (Wildman–Crippen MR) is 138 cm³/mol. The van der Waals surface area contributed by atoms with Crippen LogP contribution >= 0.6 is 0 Å². The summed E-state index contributed by atoms with van der Waals surface area (Å²) in [6, 6.07) is 13.4. The van der Waals surface area contributed by atoms with Crippen molar-refractivity contribution in [2.24, 2.45) is 0 Å². The molecule has 0 aliphatic carbocycles. The van der Waals surface area contributed by atoms with E-state index in [0.29, 0.717) is 40.0 Å². The number of pyridine rings is 1. The van der Waals surface area contributed by atoms with E-state index in [1.807, 2.05) is 6.07 Å². The number of para-hydroxylation sites is 1. The SMILES string of the molecule is COc1cccc(OC)c1-n1c(NS(=O)(=O)[C@@H](C)[C@@H](O)c2ccc(C#N)c(C)n2)nnc1-c1ccc(C)o1. The largest absolute Gasteiger partial charge is 0.494 e. The maximum Gasteiger partial charge on any atom is 0.243 e. The fourth-order valence-electron chi connectivity index (χ4n) is 3.82. The van der Waals surface area contributed by atoms with Gasteiger partial charge in [-0.3, -0.25) is 14.3 Å². The molecule has 0 spiro atoms. The van der Waals surface area contributed by atoms with Crippen LogP contribution in [0.3, 0.4) is 0 Å². The Morgan fingerprint density at radius 3 is 2.32 bits per heavy atom. The van der Waals surface area contributed by atoms with Crippen LogP contribution in [0, 0.1) is 25.2 Å². The summed E-state index contributed by atoms with van der Waals surface area (Å²) in [6.07, 6.45) is -1.50. The summed E-state index contributed by atoms with van der Waals surface area (Å²) < 4.78 is 47.6. The summed E-state index contributed by atoms with van der Waals surface area (Å²) in [5, 5.41) is 26.9. The van der Waals surface area contributed by atoms with Crippen molar-refractivity contribution in [1.82, 2.24) is 19.7 Å². The summed E-state index contributed by atoms with van der Waals surface area (Å²) in [7, 11) is -1.33. The fourth-order valence-corrected chi connectivity index (χ4v) is 4.87. The van der Waals surface area contributed by atoms with E-state index in [1.165, 1.54) is 37.8 Å². The molecule has 2 atom stereocenters. The van der Waals surface area contributed by atoms with Gasteiger partial charge in [-0.1, -0.05) is 6.07 Å². The average Bonchev–Trinajstić information content (AvgIpc) is 3.52. The third-order valence-corrected chi connectivity index (χ3v) is 7.65. The highest BCUT2D eigenvalue weighted by atomic mass is 32.2. The smallest absolute Gasteiger partial charge is 0.243 e. The number of benzene rings is 1. The van der Waals surface area contributed by atoms with Gasteiger partial charge in [0.1, 0.15) is 40.4 Å². The second-order valence-electron chi connectivity index (χ2n) is 8.38. The Morgan fingerprint density at radius 2 is 1.76 bits per heavy atom. The molecule has 1 aromatic carbocycles. The Kier molecular flexibility index (Phi) is 7.38. The highest BCUT2D eigenvalue weighted by Gasteiger charge is 2.33. The van der Waals surface area contributed by atoms with Crippen molar-refractivity contribution in [3.8, 4) is 34.8 Å². The Labute approximate surface area is 219 Å². The molecule has 3 heterocycles. The normalized spacial score (nSPS) is 13.0. The minimum atomic E-state index is -4.26. The Morgan fingerprint density at radius 1 is 1.08 bits per heavy atom. The highest BCUT2D eigenvalue weighted by molar-refractivity contribution is 7.93. The summed E-state index contributed by atoms with van der Waals surface area (Å²) in [5.41, 5.74) is 1.15. The Balaban J connectivity index is 1.80. The predicted octanol–water partition coefficient (Wildman–Crippen LogP) is 3.29. The van der Waals surface area contributed by atoms with Gasteiger partial charge in [0.05, 0.1) is 31.2 Å². The van der Waals surface area contributed by atoms with E-state index in [4.69, 9.17) is 19.2 Å². The lowest BCUT2D eigenvalue weighted by Crippen LogP contribution is -2.32. The van der Waals surface area contributed by atoms with Crippen LogP contribution in [0.2, 0.25) is 0 Å². The summed E-state index contributed by atoms with van der Waals surface area (Å²) >= 11 is 0. The molecule has 3 aromatic heterocycles. The summed E-state index contributed by atoms with van der Waals surface area (Å²) in [4.78, 5) is 4.20. The molecule has 0 unspecified atom stereocenters. The number of nitrogens with zero attached hydrogens (tertiary/aromatic N) is 5. The van der Waals surface area contributed by atoms with E-state index in [-0.39, 0.29) is 17.5 Å². The standard InChI is InChI=1S/C25H26N6O6S/c1-14-9-12-21(37-14)24-28-29-25(31(24)22-19(35-4)7-6-8-20(22)36-5)30-38(33,34)16(3)23(32)18-11-10-17(13-26)15(2)27-18/h6-12,16,23,32H,1-5H3,(H,29,30)/t16-,23+/m0/s1. The lowest BCUT2D eigenvalue weighted by Gasteiger charge is -2.21. The molecule has 13 heteroatoms. The number of aliphatic hydroxyl groups excluding tert-OH is 1. The maximum atomic E-state index is 13.4. The maximum absolute atomic E-state index is 13.4. The molecule has 38 heavy (non-hydrogen) atoms. The molecule has 0 fully saturated rings. The van der Waals surface area contributed by atoms with E-state index in [9.17, 15) is 13.5 Å². The molecule has 0 bridgehead atoms. The van der Waals surface area contributed by atoms with E-state index in [1.54, 1.807) is 44.2 Å². The molecule has 0 amide bonds. The van der Waals surface area contributed by atoms with E-state index in [2.05, 4.69) is 19.9 Å². The van der Waals surface area contributed by atoms with Gasteiger partial charge < -0.3 is 19.0 Å². The van der Waals surface area contributed by atoms with E-state index < -0.39 is 21.4 Å². The third-order valence-electron chi connectivity index (χ3n) is 5.95. The van der Waals surface area contributed by atoms with Crippen molar-refractivity contribution < 1.29 is 27.4 Å². The number of sulfonamides is 1. The molecule has 0 saturated carbocycles. The number of nitrogens with one attached hydrogen (secondary N) is 1. The molecule has 0 aliphatic rings. The number of anilines is 1. The summed E-state index contributed by atoms with van der Waals surface area (Å²) in [6.45, 7) is 4.70. The second-order valence-corrected chi connectivity index (χ2v) is 10.4. The van der Waals surface area contributed by atoms with Gasteiger partial charge in [0, 0.05) is 0 Å². The van der Waals surface area contributed by atoms with Crippen LogP contribution in [0.25, 0.3) is 17.3 Å². The molecular weight excluding hydrogens is 512 g/mol. The van der Waals surface area contributed by atoms with Crippen LogP contribution in [0.1, 0.15) is 35.7 Å². The van der Waals surface area contributed by atoms with E-state index >= 15 is 0 Å². The van der Waals surface area contributed by atoms with Crippen molar-refractivity contribution in [2.45, 2.75) is 32.1 Å². The van der Waals surface area contributed by atoms with Crippen LogP contribution in [-0.4, -0.2) is 52.7 Å². The monoisotopic (exact) mass is 538 g/mol. The zero-order chi connectivity index (χ0) is 27.6. The van der Waals surface area contributed by atoms with Crippen molar-refractivity contribution in [3.05, 3.63) is 65.2 Å². The molecule has 198 valence electrons. The molecule has 0 aliphatic heterocycles. The summed E-state index contributed by atoms with van der Waals surface area (Å²) in [5.74, 6) is 1.68. The quantitative estimate of drug-likeness (QED) is 0.323. The number of aryl methyl sites for hydroxylation is 2. The fraction of sp³-hybridized carbons (Fsp3) is 0.280. The van der Waals surface area contributed by atoms with Crippen LogP contribution < -0.4 is 14.2 Å². The number of methoxy groups -OCH3 is 2. The van der Waals surface area contributed by atoms with Crippen LogP contribution in [0.4, 0.5) is 5.95 Å². The van der Waals surface area contributed by atoms with Gasteiger partial charge in [-0.25, -0.2) is 8.42 Å². The Hall–Kier alpha value is -4.41. The average molecular weight is 539 g/mol. The number of hydrogen-bond donors (Lipinski definition) is 2. The lowest BCUT2D eigenvalue weighted by atomic mass is 10.1. The second kappa shape index (κ2) is 10.5. The molecule has 0 radical (unpaired) electrons. The first-order chi connectivity index (χ1) is 18.1. The number of aromatic nitrogens is 4. The zero-order valence-corrected chi connectivity index (χ0v) is 22.1. The first-order valence-electron chi connectivity index (χ1n) is 11.4. The minimum Gasteiger partial charge on any atom is -0.494 e. The minimum absolute atomic E-state index is 0.110. The number of hydrogen-bond acceptors (Lipinski definition) is 10. The van der Waals surface area contributed by atoms with Gasteiger partial charge in [0.2, 0.25) is 21.8 Å². The zero-order valence-electron chi connectivity index (χ0n) is 21.3. The van der Waals surface area contributed by atoms with Crippen molar-refractivity contribution in [3.63, 3.8) is 0 Å². The number of furan rings is 1. The van der Waals surface area contributed by atoms with Crippen molar-refractivity contribution in [1.29, 1.82) is 5.26 Å². The van der Waals surface area contributed by atoms with Crippen molar-refractivity contribution in [2.75, 3.05) is 18.9 Å². The molecule has 2 N–H and O–H groups in total. The molecule has 4 aromatic rings. The first-order valence-corrected chi connectivity index (χ1v) is 13.0.